The molecule has 0 saturated carbocycles. The fourth-order valence-corrected chi connectivity index (χ4v) is 3.50. The third kappa shape index (κ3) is 18.3. The average Bonchev–Trinajstić information content (AvgIpc) is 2.65. The molecule has 0 rings (SSSR count). The first-order chi connectivity index (χ1) is 12.7. The Hall–Kier alpha value is -0.530. The summed E-state index contributed by atoms with van der Waals surface area (Å²) < 4.78 is 5.68. The van der Waals surface area contributed by atoms with Crippen LogP contribution in [-0.4, -0.2) is 12.1 Å². The molecule has 0 bridgehead atoms. The minimum Gasteiger partial charge on any atom is -0.462 e. The Morgan fingerprint density at radius 1 is 0.615 bits per heavy atom. The van der Waals surface area contributed by atoms with Crippen LogP contribution >= 0.6 is 0 Å². The van der Waals surface area contributed by atoms with Crippen LogP contribution in [0.4, 0.5) is 0 Å². The van der Waals surface area contributed by atoms with Crippen molar-refractivity contribution >= 4 is 5.97 Å². The molecule has 0 aromatic heterocycles. The standard InChI is InChI=1S/C24H48O2/c1-4-7-9-11-13-14-16-17-19-21-23(6-3)26-24(25)22-20-18-15-12-10-8-5-2/h23H,4-22H2,1-3H3/t23-/m1/s1. The van der Waals surface area contributed by atoms with Crippen molar-refractivity contribution in [3.63, 3.8) is 0 Å². The Bertz CT molecular complexity index is 288. The number of ether oxygens (including phenoxy) is 1. The molecule has 0 radical (unpaired) electrons. The van der Waals surface area contributed by atoms with Gasteiger partial charge in [0.2, 0.25) is 0 Å². The van der Waals surface area contributed by atoms with E-state index in [-0.39, 0.29) is 12.1 Å². The van der Waals surface area contributed by atoms with E-state index in [4.69, 9.17) is 4.74 Å². The number of hydrogen-bond acceptors (Lipinski definition) is 2. The summed E-state index contributed by atoms with van der Waals surface area (Å²) >= 11 is 0. The smallest absolute Gasteiger partial charge is 0.306 e. The summed E-state index contributed by atoms with van der Waals surface area (Å²) in [7, 11) is 0. The van der Waals surface area contributed by atoms with Crippen molar-refractivity contribution in [1.82, 2.24) is 0 Å². The summed E-state index contributed by atoms with van der Waals surface area (Å²) in [6.45, 7) is 6.65. The first-order valence-corrected chi connectivity index (χ1v) is 11.9. The lowest BCUT2D eigenvalue weighted by Gasteiger charge is -2.16. The number of rotatable bonds is 20. The Balaban J connectivity index is 3.49. The molecule has 0 amide bonds. The van der Waals surface area contributed by atoms with Crippen molar-refractivity contribution in [2.45, 2.75) is 149 Å². The molecule has 2 nitrogen and oxygen atoms in total. The SMILES string of the molecule is CCCCCCCCCCC[C@@H](CC)OC(=O)CCCCCCCCC. The summed E-state index contributed by atoms with van der Waals surface area (Å²) in [5, 5.41) is 0. The van der Waals surface area contributed by atoms with Gasteiger partial charge in [-0.2, -0.15) is 0 Å². The van der Waals surface area contributed by atoms with Crippen molar-refractivity contribution < 1.29 is 9.53 Å². The number of hydrogen-bond donors (Lipinski definition) is 0. The summed E-state index contributed by atoms with van der Waals surface area (Å²) in [4.78, 5) is 12.0. The Morgan fingerprint density at radius 3 is 1.50 bits per heavy atom. The number of unbranched alkanes of at least 4 members (excludes halogenated alkanes) is 14. The second kappa shape index (κ2) is 20.8. The van der Waals surface area contributed by atoms with Gasteiger partial charge in [0.15, 0.2) is 0 Å². The molecule has 0 N–H and O–H groups in total. The first-order valence-electron chi connectivity index (χ1n) is 11.9. The predicted octanol–water partition coefficient (Wildman–Crippen LogP) is 8.37. The minimum absolute atomic E-state index is 0.0290. The monoisotopic (exact) mass is 368 g/mol. The Kier molecular flexibility index (Phi) is 20.4. The van der Waals surface area contributed by atoms with E-state index >= 15 is 0 Å². The van der Waals surface area contributed by atoms with E-state index in [1.54, 1.807) is 0 Å². The largest absolute Gasteiger partial charge is 0.462 e. The van der Waals surface area contributed by atoms with Crippen molar-refractivity contribution in [2.75, 3.05) is 0 Å². The zero-order chi connectivity index (χ0) is 19.3. The van der Waals surface area contributed by atoms with Gasteiger partial charge in [-0.1, -0.05) is 111 Å². The molecular formula is C24H48O2. The van der Waals surface area contributed by atoms with E-state index in [2.05, 4.69) is 20.8 Å². The Morgan fingerprint density at radius 2 is 1.04 bits per heavy atom. The third-order valence-corrected chi connectivity index (χ3v) is 5.37. The van der Waals surface area contributed by atoms with Crippen molar-refractivity contribution in [3.8, 4) is 0 Å². The molecule has 156 valence electrons. The number of esters is 1. The highest BCUT2D eigenvalue weighted by Gasteiger charge is 2.12. The van der Waals surface area contributed by atoms with Gasteiger partial charge in [-0.15, -0.1) is 0 Å². The molecular weight excluding hydrogens is 320 g/mol. The van der Waals surface area contributed by atoms with E-state index in [1.165, 1.54) is 96.3 Å². The lowest BCUT2D eigenvalue weighted by Crippen LogP contribution is -2.17. The van der Waals surface area contributed by atoms with E-state index in [1.807, 2.05) is 0 Å². The molecule has 0 unspecified atom stereocenters. The molecule has 0 aliphatic heterocycles. The molecule has 0 aliphatic carbocycles. The van der Waals surface area contributed by atoms with Gasteiger partial charge in [-0.25, -0.2) is 0 Å². The maximum atomic E-state index is 12.0. The van der Waals surface area contributed by atoms with Gasteiger partial charge in [-0.3, -0.25) is 4.79 Å². The third-order valence-electron chi connectivity index (χ3n) is 5.37. The van der Waals surface area contributed by atoms with Crippen LogP contribution in [0.25, 0.3) is 0 Å². The van der Waals surface area contributed by atoms with Gasteiger partial charge in [0, 0.05) is 6.42 Å². The number of carbonyl (C=O) groups excluding carboxylic acids is 1. The van der Waals surface area contributed by atoms with Crippen LogP contribution in [0.15, 0.2) is 0 Å². The van der Waals surface area contributed by atoms with Crippen LogP contribution in [0.5, 0.6) is 0 Å². The van der Waals surface area contributed by atoms with E-state index in [0.29, 0.717) is 6.42 Å². The maximum Gasteiger partial charge on any atom is 0.306 e. The molecule has 2 heteroatoms. The molecule has 0 fully saturated rings. The second-order valence-corrected chi connectivity index (χ2v) is 8.01. The second-order valence-electron chi connectivity index (χ2n) is 8.01. The highest BCUT2D eigenvalue weighted by molar-refractivity contribution is 5.69. The summed E-state index contributed by atoms with van der Waals surface area (Å²) in [6.07, 6.45) is 23.7. The van der Waals surface area contributed by atoms with Gasteiger partial charge in [0.05, 0.1) is 0 Å². The van der Waals surface area contributed by atoms with Crippen molar-refractivity contribution in [2.24, 2.45) is 0 Å². The fourth-order valence-electron chi connectivity index (χ4n) is 3.50. The molecule has 0 aromatic carbocycles. The minimum atomic E-state index is 0.0290. The van der Waals surface area contributed by atoms with Crippen LogP contribution in [0.1, 0.15) is 143 Å². The quantitative estimate of drug-likeness (QED) is 0.159. The molecule has 0 aromatic rings. The van der Waals surface area contributed by atoms with E-state index in [9.17, 15) is 4.79 Å². The van der Waals surface area contributed by atoms with Crippen LogP contribution < -0.4 is 0 Å². The molecule has 0 spiro atoms. The molecule has 0 heterocycles. The maximum absolute atomic E-state index is 12.0. The lowest BCUT2D eigenvalue weighted by atomic mass is 10.0. The lowest BCUT2D eigenvalue weighted by molar-refractivity contribution is -0.149. The summed E-state index contributed by atoms with van der Waals surface area (Å²) in [5.74, 6) is 0.0290. The van der Waals surface area contributed by atoms with Crippen LogP contribution in [-0.2, 0) is 9.53 Å². The normalized spacial score (nSPS) is 12.3. The summed E-state index contributed by atoms with van der Waals surface area (Å²) in [5.41, 5.74) is 0. The molecule has 0 saturated heterocycles. The van der Waals surface area contributed by atoms with Crippen molar-refractivity contribution in [3.05, 3.63) is 0 Å². The Labute approximate surface area is 164 Å². The highest BCUT2D eigenvalue weighted by atomic mass is 16.5. The fraction of sp³-hybridized carbons (Fsp3) is 0.958. The van der Waals surface area contributed by atoms with Gasteiger partial charge >= 0.3 is 5.97 Å². The van der Waals surface area contributed by atoms with E-state index in [0.717, 1.165) is 19.3 Å². The topological polar surface area (TPSA) is 26.3 Å². The zero-order valence-electron chi connectivity index (χ0n) is 18.3. The first kappa shape index (κ1) is 25.5. The molecule has 26 heavy (non-hydrogen) atoms. The van der Waals surface area contributed by atoms with Gasteiger partial charge in [0.1, 0.15) is 6.10 Å². The average molecular weight is 369 g/mol. The zero-order valence-corrected chi connectivity index (χ0v) is 18.3. The van der Waals surface area contributed by atoms with Crippen LogP contribution in [0, 0.1) is 0 Å². The predicted molar refractivity (Wildman–Crippen MR) is 115 cm³/mol. The van der Waals surface area contributed by atoms with Gasteiger partial charge < -0.3 is 4.74 Å². The highest BCUT2D eigenvalue weighted by Crippen LogP contribution is 2.15. The number of carbonyl (C=O) groups is 1. The van der Waals surface area contributed by atoms with Crippen LogP contribution in [0.2, 0.25) is 0 Å². The van der Waals surface area contributed by atoms with Crippen molar-refractivity contribution in [1.29, 1.82) is 0 Å². The van der Waals surface area contributed by atoms with Gasteiger partial charge in [0.25, 0.3) is 0 Å². The van der Waals surface area contributed by atoms with E-state index < -0.39 is 0 Å². The van der Waals surface area contributed by atoms with Gasteiger partial charge in [-0.05, 0) is 25.7 Å². The molecule has 1 atom stereocenters. The summed E-state index contributed by atoms with van der Waals surface area (Å²) in [6, 6.07) is 0. The molecule has 0 aliphatic rings. The van der Waals surface area contributed by atoms with Crippen LogP contribution in [0.3, 0.4) is 0 Å².